The van der Waals surface area contributed by atoms with E-state index in [2.05, 4.69) is 4.74 Å². The van der Waals surface area contributed by atoms with Gasteiger partial charge in [-0.05, 0) is 29.7 Å². The summed E-state index contributed by atoms with van der Waals surface area (Å²) in [6.45, 7) is 0.164. The number of hydrogen-bond acceptors (Lipinski definition) is 3. The fourth-order valence-electron chi connectivity index (χ4n) is 2.74. The van der Waals surface area contributed by atoms with Crippen molar-refractivity contribution < 1.29 is 26.3 Å². The standard InChI is InChI=1S/C16H14F3N2O3S/c17-16(18,19)24-14-3-1-2-4-15(14)25(22,23)21-8-7-11-9-13(20)6-5-12(11)10-21/h1-6,9,20H,7-8,10H2/q-1. The summed E-state index contributed by atoms with van der Waals surface area (Å²) in [4.78, 5) is -0.520. The first kappa shape index (κ1) is 17.6. The monoisotopic (exact) mass is 371 g/mol. The first-order chi connectivity index (χ1) is 11.7. The van der Waals surface area contributed by atoms with Gasteiger partial charge < -0.3 is 10.5 Å². The van der Waals surface area contributed by atoms with Gasteiger partial charge in [-0.1, -0.05) is 30.3 Å². The summed E-state index contributed by atoms with van der Waals surface area (Å²) in [7, 11) is -4.16. The summed E-state index contributed by atoms with van der Waals surface area (Å²) < 4.78 is 68.2. The largest absolute Gasteiger partial charge is 0.699 e. The number of rotatable bonds is 3. The van der Waals surface area contributed by atoms with E-state index >= 15 is 0 Å². The van der Waals surface area contributed by atoms with Crippen molar-refractivity contribution in [3.05, 3.63) is 59.3 Å². The number of nitrogens with zero attached hydrogens (tertiary/aromatic N) is 1. The topological polar surface area (TPSA) is 70.4 Å². The van der Waals surface area contributed by atoms with Crippen LogP contribution in [0.1, 0.15) is 11.1 Å². The molecule has 0 amide bonds. The summed E-state index contributed by atoms with van der Waals surface area (Å²) in [6, 6.07) is 9.58. The minimum atomic E-state index is -4.98. The van der Waals surface area contributed by atoms with Crippen LogP contribution in [0, 0.1) is 0 Å². The molecule has 0 saturated carbocycles. The van der Waals surface area contributed by atoms with E-state index in [-0.39, 0.29) is 13.1 Å². The Hall–Kier alpha value is -2.26. The normalized spacial score (nSPS) is 15.6. The smallest absolute Gasteiger partial charge is 0.573 e. The van der Waals surface area contributed by atoms with Gasteiger partial charge in [-0.15, -0.1) is 18.9 Å². The summed E-state index contributed by atoms with van der Waals surface area (Å²) >= 11 is 0. The molecule has 0 saturated heterocycles. The van der Waals surface area contributed by atoms with Gasteiger partial charge in [0.05, 0.1) is 0 Å². The predicted octanol–water partition coefficient (Wildman–Crippen LogP) is 4.02. The van der Waals surface area contributed by atoms with Crippen LogP contribution < -0.4 is 4.74 Å². The summed E-state index contributed by atoms with van der Waals surface area (Å²) in [5.41, 5.74) is 9.54. The van der Waals surface area contributed by atoms with Crippen LogP contribution in [0.3, 0.4) is 0 Å². The Morgan fingerprint density at radius 1 is 1.08 bits per heavy atom. The molecule has 0 fully saturated rings. The molecule has 2 aromatic carbocycles. The molecule has 134 valence electrons. The molecule has 1 aliphatic heterocycles. The van der Waals surface area contributed by atoms with Crippen LogP contribution in [-0.2, 0) is 23.0 Å². The van der Waals surface area contributed by atoms with Gasteiger partial charge in [0.1, 0.15) is 10.6 Å². The molecular formula is C16H14F3N2O3S-. The fourth-order valence-corrected chi connectivity index (χ4v) is 4.28. The van der Waals surface area contributed by atoms with Crippen molar-refractivity contribution in [2.45, 2.75) is 24.2 Å². The zero-order valence-electron chi connectivity index (χ0n) is 12.9. The van der Waals surface area contributed by atoms with E-state index in [1.165, 1.54) is 12.1 Å². The van der Waals surface area contributed by atoms with Crippen molar-refractivity contribution in [1.29, 1.82) is 0 Å². The Balaban J connectivity index is 1.94. The molecule has 0 radical (unpaired) electrons. The minimum Gasteiger partial charge on any atom is -0.699 e. The number of para-hydroxylation sites is 1. The SMILES string of the molecule is [NH-]c1ccc2c(c1)CCN(S(=O)(=O)c1ccccc1OC(F)(F)F)C2. The highest BCUT2D eigenvalue weighted by molar-refractivity contribution is 7.89. The summed E-state index contributed by atoms with van der Waals surface area (Å²) in [5.74, 6) is -0.748. The van der Waals surface area contributed by atoms with Gasteiger partial charge in [0.15, 0.2) is 0 Å². The van der Waals surface area contributed by atoms with Crippen molar-refractivity contribution in [3.8, 4) is 5.75 Å². The number of alkyl halides is 3. The minimum absolute atomic E-state index is 0.0400. The molecule has 5 nitrogen and oxygen atoms in total. The van der Waals surface area contributed by atoms with Crippen LogP contribution >= 0.6 is 0 Å². The predicted molar refractivity (Wildman–Crippen MR) is 84.8 cm³/mol. The Kier molecular flexibility index (Phi) is 4.38. The number of ether oxygens (including phenoxy) is 1. The van der Waals surface area contributed by atoms with Crippen LogP contribution in [0.4, 0.5) is 18.9 Å². The van der Waals surface area contributed by atoms with E-state index in [0.717, 1.165) is 27.6 Å². The highest BCUT2D eigenvalue weighted by Gasteiger charge is 2.36. The molecule has 1 N–H and O–H groups in total. The highest BCUT2D eigenvalue weighted by atomic mass is 32.2. The first-order valence-electron chi connectivity index (χ1n) is 7.35. The fraction of sp³-hybridized carbons (Fsp3) is 0.250. The van der Waals surface area contributed by atoms with Gasteiger partial charge in [-0.2, -0.15) is 4.31 Å². The van der Waals surface area contributed by atoms with Crippen LogP contribution in [-0.4, -0.2) is 25.6 Å². The van der Waals surface area contributed by atoms with Crippen molar-refractivity contribution in [1.82, 2.24) is 4.31 Å². The molecule has 0 unspecified atom stereocenters. The van der Waals surface area contributed by atoms with Gasteiger partial charge >= 0.3 is 6.36 Å². The van der Waals surface area contributed by atoms with Gasteiger partial charge in [-0.25, -0.2) is 8.42 Å². The summed E-state index contributed by atoms with van der Waals surface area (Å²) in [5, 5.41) is 0. The van der Waals surface area contributed by atoms with E-state index in [9.17, 15) is 21.6 Å². The molecule has 2 aromatic rings. The van der Waals surface area contributed by atoms with E-state index in [4.69, 9.17) is 5.73 Å². The highest BCUT2D eigenvalue weighted by Crippen LogP contribution is 2.33. The zero-order chi connectivity index (χ0) is 18.2. The lowest BCUT2D eigenvalue weighted by Gasteiger charge is -2.29. The molecule has 1 aliphatic rings. The molecule has 0 bridgehead atoms. The molecule has 0 atom stereocenters. The molecule has 25 heavy (non-hydrogen) atoms. The van der Waals surface area contributed by atoms with E-state index < -0.39 is 27.0 Å². The molecule has 9 heteroatoms. The number of sulfonamides is 1. The number of nitrogens with one attached hydrogen (secondary N) is 1. The second-order valence-electron chi connectivity index (χ2n) is 5.57. The number of halogens is 3. The van der Waals surface area contributed by atoms with Crippen molar-refractivity contribution in [3.63, 3.8) is 0 Å². The Morgan fingerprint density at radius 2 is 1.80 bits per heavy atom. The Morgan fingerprint density at radius 3 is 2.52 bits per heavy atom. The van der Waals surface area contributed by atoms with Crippen LogP contribution in [0.25, 0.3) is 5.73 Å². The van der Waals surface area contributed by atoms with Gasteiger partial charge in [0, 0.05) is 13.1 Å². The van der Waals surface area contributed by atoms with E-state index in [0.29, 0.717) is 12.1 Å². The van der Waals surface area contributed by atoms with Crippen LogP contribution in [0.5, 0.6) is 5.75 Å². The lowest BCUT2D eigenvalue weighted by molar-refractivity contribution is -0.275. The molecule has 1 heterocycles. The lowest BCUT2D eigenvalue weighted by Crippen LogP contribution is -2.36. The zero-order valence-corrected chi connectivity index (χ0v) is 13.7. The van der Waals surface area contributed by atoms with Crippen LogP contribution in [0.15, 0.2) is 47.4 Å². The van der Waals surface area contributed by atoms with Crippen LogP contribution in [0.2, 0.25) is 0 Å². The maximum Gasteiger partial charge on any atom is 0.573 e. The quantitative estimate of drug-likeness (QED) is 0.818. The number of benzene rings is 2. The molecule has 3 rings (SSSR count). The molecule has 0 aliphatic carbocycles. The third kappa shape index (κ3) is 3.72. The second-order valence-corrected chi connectivity index (χ2v) is 7.47. The Bertz CT molecular complexity index is 898. The van der Waals surface area contributed by atoms with E-state index in [1.807, 2.05) is 0 Å². The third-order valence-electron chi connectivity index (χ3n) is 3.88. The average molecular weight is 371 g/mol. The molecular weight excluding hydrogens is 357 g/mol. The maximum absolute atomic E-state index is 12.8. The van der Waals surface area contributed by atoms with Gasteiger partial charge in [0.2, 0.25) is 10.0 Å². The average Bonchev–Trinajstić information content (AvgIpc) is 2.53. The van der Waals surface area contributed by atoms with Gasteiger partial charge in [-0.3, -0.25) is 0 Å². The second kappa shape index (κ2) is 6.23. The summed E-state index contributed by atoms with van der Waals surface area (Å²) in [6.07, 6.45) is -4.59. The van der Waals surface area contributed by atoms with Gasteiger partial charge in [0.25, 0.3) is 0 Å². The van der Waals surface area contributed by atoms with E-state index in [1.54, 1.807) is 18.2 Å². The van der Waals surface area contributed by atoms with Crippen molar-refractivity contribution >= 4 is 15.7 Å². The lowest BCUT2D eigenvalue weighted by atomic mass is 10.0. The molecule has 0 aromatic heterocycles. The number of hydrogen-bond donors (Lipinski definition) is 0. The number of fused-ring (bicyclic) bond motifs is 1. The third-order valence-corrected chi connectivity index (χ3v) is 5.76. The Labute approximate surface area is 142 Å². The first-order valence-corrected chi connectivity index (χ1v) is 8.79. The molecule has 0 spiro atoms. The maximum atomic E-state index is 12.8. The van der Waals surface area contributed by atoms with Crippen molar-refractivity contribution in [2.75, 3.05) is 6.54 Å². The van der Waals surface area contributed by atoms with Crippen molar-refractivity contribution in [2.24, 2.45) is 0 Å².